The molecule has 6 heteroatoms. The summed E-state index contributed by atoms with van der Waals surface area (Å²) in [5.74, 6) is 1.32. The molecule has 1 aliphatic heterocycles. The van der Waals surface area contributed by atoms with Gasteiger partial charge in [0.1, 0.15) is 0 Å². The molecule has 1 aromatic heterocycles. The van der Waals surface area contributed by atoms with Crippen molar-refractivity contribution in [3.05, 3.63) is 30.3 Å². The Morgan fingerprint density at radius 2 is 1.80 bits per heavy atom. The van der Waals surface area contributed by atoms with E-state index in [2.05, 4.69) is 19.9 Å². The van der Waals surface area contributed by atoms with Gasteiger partial charge in [-0.3, -0.25) is 4.90 Å². The summed E-state index contributed by atoms with van der Waals surface area (Å²) in [5, 5.41) is 4.14. The molecule has 2 N–H and O–H groups in total. The molecule has 134 valence electrons. The van der Waals surface area contributed by atoms with Crippen molar-refractivity contribution in [3.8, 4) is 11.4 Å². The maximum Gasteiger partial charge on any atom is 0.324 e. The van der Waals surface area contributed by atoms with Crippen molar-refractivity contribution in [1.29, 1.82) is 0 Å². The lowest BCUT2D eigenvalue weighted by Gasteiger charge is -2.43. The lowest BCUT2D eigenvalue weighted by Crippen LogP contribution is -2.54. The van der Waals surface area contributed by atoms with Crippen LogP contribution in [0.15, 0.2) is 34.9 Å². The Labute approximate surface area is 149 Å². The smallest absolute Gasteiger partial charge is 0.324 e. The Bertz CT molecular complexity index is 665. The van der Waals surface area contributed by atoms with Gasteiger partial charge in [0.15, 0.2) is 0 Å². The first-order valence-electron chi connectivity index (χ1n) is 9.43. The highest BCUT2D eigenvalue weighted by atomic mass is 16.5. The second-order valence-corrected chi connectivity index (χ2v) is 7.14. The van der Waals surface area contributed by atoms with E-state index in [1.807, 2.05) is 30.3 Å². The molecule has 2 aliphatic rings. The van der Waals surface area contributed by atoms with Gasteiger partial charge in [0, 0.05) is 37.8 Å². The summed E-state index contributed by atoms with van der Waals surface area (Å²) < 4.78 is 5.51. The summed E-state index contributed by atoms with van der Waals surface area (Å²) in [6, 6.07) is 11.3. The average molecular weight is 341 g/mol. The number of piperazine rings is 1. The van der Waals surface area contributed by atoms with E-state index in [9.17, 15) is 0 Å². The third kappa shape index (κ3) is 3.55. The van der Waals surface area contributed by atoms with Crippen molar-refractivity contribution in [1.82, 2.24) is 15.0 Å². The number of nitrogens with zero attached hydrogens (tertiary/aromatic N) is 4. The standard InChI is InChI=1S/C19H27N5O/c20-14-16-8-4-5-9-17(16)23-10-12-24(13-11-23)19-21-18(22-25-19)15-6-2-1-3-7-15/h1-3,6-7,16-17H,4-5,8-14,20H2/t16-,17+/m0/s1. The highest BCUT2D eigenvalue weighted by Crippen LogP contribution is 2.29. The van der Waals surface area contributed by atoms with E-state index < -0.39 is 0 Å². The van der Waals surface area contributed by atoms with Crippen LogP contribution in [0.4, 0.5) is 6.01 Å². The minimum Gasteiger partial charge on any atom is -0.330 e. The van der Waals surface area contributed by atoms with Crippen LogP contribution in [0, 0.1) is 5.92 Å². The van der Waals surface area contributed by atoms with E-state index >= 15 is 0 Å². The van der Waals surface area contributed by atoms with Crippen LogP contribution >= 0.6 is 0 Å². The third-order valence-electron chi connectivity index (χ3n) is 5.67. The second-order valence-electron chi connectivity index (χ2n) is 7.14. The molecule has 2 atom stereocenters. The molecule has 2 aromatic rings. The largest absolute Gasteiger partial charge is 0.330 e. The van der Waals surface area contributed by atoms with Crippen molar-refractivity contribution >= 4 is 6.01 Å². The number of aromatic nitrogens is 2. The van der Waals surface area contributed by atoms with E-state index in [0.717, 1.165) is 38.3 Å². The lowest BCUT2D eigenvalue weighted by molar-refractivity contribution is 0.0995. The molecular formula is C19H27N5O. The number of anilines is 1. The Hall–Kier alpha value is -1.92. The normalized spacial score (nSPS) is 25.2. The van der Waals surface area contributed by atoms with Crippen molar-refractivity contribution in [2.75, 3.05) is 37.6 Å². The van der Waals surface area contributed by atoms with Gasteiger partial charge in [0.05, 0.1) is 0 Å². The Morgan fingerprint density at radius 3 is 2.56 bits per heavy atom. The van der Waals surface area contributed by atoms with Crippen molar-refractivity contribution in [2.45, 2.75) is 31.7 Å². The predicted octanol–water partition coefficient (Wildman–Crippen LogP) is 2.38. The molecule has 0 spiro atoms. The molecule has 0 unspecified atom stereocenters. The Balaban J connectivity index is 1.38. The fraction of sp³-hybridized carbons (Fsp3) is 0.579. The molecule has 2 fully saturated rings. The average Bonchev–Trinajstić information content (AvgIpc) is 3.19. The van der Waals surface area contributed by atoms with Crippen molar-refractivity contribution in [2.24, 2.45) is 11.7 Å². The minimum absolute atomic E-state index is 0.637. The minimum atomic E-state index is 0.637. The molecule has 0 radical (unpaired) electrons. The SMILES string of the molecule is NC[C@@H]1CCCC[C@H]1N1CCN(c2nc(-c3ccccc3)no2)CC1. The van der Waals surface area contributed by atoms with Gasteiger partial charge in [0.2, 0.25) is 5.82 Å². The van der Waals surface area contributed by atoms with Crippen LogP contribution in [0.1, 0.15) is 25.7 Å². The van der Waals surface area contributed by atoms with Gasteiger partial charge in [-0.15, -0.1) is 0 Å². The van der Waals surface area contributed by atoms with Crippen molar-refractivity contribution in [3.63, 3.8) is 0 Å². The molecule has 0 amide bonds. The molecule has 0 bridgehead atoms. The number of hydrogen-bond acceptors (Lipinski definition) is 6. The molecule has 1 aromatic carbocycles. The Kier molecular flexibility index (Phi) is 4.99. The van der Waals surface area contributed by atoms with Crippen LogP contribution < -0.4 is 10.6 Å². The van der Waals surface area contributed by atoms with Gasteiger partial charge in [-0.2, -0.15) is 4.98 Å². The zero-order valence-corrected chi connectivity index (χ0v) is 14.7. The highest BCUT2D eigenvalue weighted by Gasteiger charge is 2.32. The monoisotopic (exact) mass is 341 g/mol. The zero-order valence-electron chi connectivity index (χ0n) is 14.7. The quantitative estimate of drug-likeness (QED) is 0.920. The highest BCUT2D eigenvalue weighted by molar-refractivity contribution is 5.55. The van der Waals surface area contributed by atoms with Gasteiger partial charge in [-0.25, -0.2) is 0 Å². The van der Waals surface area contributed by atoms with Crippen molar-refractivity contribution < 1.29 is 4.52 Å². The summed E-state index contributed by atoms with van der Waals surface area (Å²) in [5.41, 5.74) is 7.00. The topological polar surface area (TPSA) is 71.4 Å². The van der Waals surface area contributed by atoms with E-state index in [4.69, 9.17) is 10.3 Å². The summed E-state index contributed by atoms with van der Waals surface area (Å²) >= 11 is 0. The summed E-state index contributed by atoms with van der Waals surface area (Å²) in [4.78, 5) is 9.41. The van der Waals surface area contributed by atoms with Crippen LogP contribution in [0.5, 0.6) is 0 Å². The number of hydrogen-bond donors (Lipinski definition) is 1. The van der Waals surface area contributed by atoms with Gasteiger partial charge < -0.3 is 15.2 Å². The maximum absolute atomic E-state index is 6.01. The fourth-order valence-electron chi connectivity index (χ4n) is 4.24. The second kappa shape index (κ2) is 7.54. The van der Waals surface area contributed by atoms with Crippen LogP contribution in [-0.2, 0) is 0 Å². The molecule has 1 saturated heterocycles. The third-order valence-corrected chi connectivity index (χ3v) is 5.67. The maximum atomic E-state index is 6.01. The van der Waals surface area contributed by atoms with Crippen LogP contribution in [-0.4, -0.2) is 53.8 Å². The first-order chi connectivity index (χ1) is 12.3. The van der Waals surface area contributed by atoms with E-state index in [-0.39, 0.29) is 0 Å². The molecule has 25 heavy (non-hydrogen) atoms. The first kappa shape index (κ1) is 16.5. The molecule has 1 aliphatic carbocycles. The van der Waals surface area contributed by atoms with Gasteiger partial charge in [0.25, 0.3) is 0 Å². The molecular weight excluding hydrogens is 314 g/mol. The van der Waals surface area contributed by atoms with Crippen LogP contribution in [0.2, 0.25) is 0 Å². The number of nitrogens with two attached hydrogens (primary N) is 1. The Morgan fingerprint density at radius 1 is 1.04 bits per heavy atom. The number of benzene rings is 1. The molecule has 1 saturated carbocycles. The molecule has 2 heterocycles. The summed E-state index contributed by atoms with van der Waals surface area (Å²) in [6.45, 7) is 4.78. The fourth-order valence-corrected chi connectivity index (χ4v) is 4.24. The zero-order chi connectivity index (χ0) is 17.1. The van der Waals surface area contributed by atoms with E-state index in [0.29, 0.717) is 23.8 Å². The van der Waals surface area contributed by atoms with Gasteiger partial charge in [-0.05, 0) is 25.3 Å². The summed E-state index contributed by atoms with van der Waals surface area (Å²) in [6.07, 6.45) is 5.25. The number of rotatable bonds is 4. The van der Waals surface area contributed by atoms with Crippen LogP contribution in [0.25, 0.3) is 11.4 Å². The predicted molar refractivity (Wildman–Crippen MR) is 98.3 cm³/mol. The van der Waals surface area contributed by atoms with Crippen LogP contribution in [0.3, 0.4) is 0 Å². The first-order valence-corrected chi connectivity index (χ1v) is 9.43. The van der Waals surface area contributed by atoms with E-state index in [1.54, 1.807) is 0 Å². The van der Waals surface area contributed by atoms with Gasteiger partial charge in [-0.1, -0.05) is 48.3 Å². The molecule has 4 rings (SSSR count). The van der Waals surface area contributed by atoms with Gasteiger partial charge >= 0.3 is 6.01 Å². The van der Waals surface area contributed by atoms with E-state index in [1.165, 1.54) is 25.7 Å². The molecule has 6 nitrogen and oxygen atoms in total. The summed E-state index contributed by atoms with van der Waals surface area (Å²) in [7, 11) is 0. The lowest BCUT2D eigenvalue weighted by atomic mass is 9.83.